The first-order valence-electron chi connectivity index (χ1n) is 7.96. The summed E-state index contributed by atoms with van der Waals surface area (Å²) in [5.74, 6) is 0. The quantitative estimate of drug-likeness (QED) is 0.660. The van der Waals surface area contributed by atoms with E-state index >= 15 is 0 Å². The van der Waals surface area contributed by atoms with E-state index in [0.29, 0.717) is 6.54 Å². The molecule has 0 bridgehead atoms. The molecule has 3 aromatic carbocycles. The van der Waals surface area contributed by atoms with Gasteiger partial charge < -0.3 is 0 Å². The summed E-state index contributed by atoms with van der Waals surface area (Å²) in [6, 6.07) is 16.5. The highest BCUT2D eigenvalue weighted by molar-refractivity contribution is 7.92. The predicted octanol–water partition coefficient (Wildman–Crippen LogP) is 4.40. The van der Waals surface area contributed by atoms with E-state index in [1.54, 1.807) is 0 Å². The molecule has 4 heteroatoms. The van der Waals surface area contributed by atoms with Gasteiger partial charge >= 0.3 is 0 Å². The first kappa shape index (κ1) is 15.2. The molecule has 0 amide bonds. The fourth-order valence-corrected chi connectivity index (χ4v) is 4.62. The van der Waals surface area contributed by atoms with Gasteiger partial charge in [0.25, 0.3) is 0 Å². The van der Waals surface area contributed by atoms with Crippen molar-refractivity contribution in [1.29, 1.82) is 0 Å². The van der Waals surface area contributed by atoms with Crippen molar-refractivity contribution >= 4 is 26.5 Å². The van der Waals surface area contributed by atoms with Crippen molar-refractivity contribution in [3.05, 3.63) is 65.2 Å². The summed E-state index contributed by atoms with van der Waals surface area (Å²) in [6.07, 6.45) is 1.28. The van der Waals surface area contributed by atoms with E-state index < -0.39 is 10.0 Å². The second kappa shape index (κ2) is 5.08. The van der Waals surface area contributed by atoms with Crippen LogP contribution in [0.1, 0.15) is 16.7 Å². The molecule has 3 aromatic rings. The zero-order chi connectivity index (χ0) is 17.1. The summed E-state index contributed by atoms with van der Waals surface area (Å²) in [4.78, 5) is 0. The Bertz CT molecular complexity index is 1080. The van der Waals surface area contributed by atoms with E-state index in [9.17, 15) is 8.42 Å². The van der Waals surface area contributed by atoms with Crippen LogP contribution in [0, 0.1) is 13.8 Å². The van der Waals surface area contributed by atoms with Gasteiger partial charge in [-0.3, -0.25) is 4.31 Å². The summed E-state index contributed by atoms with van der Waals surface area (Å²) in [7, 11) is -3.34. The van der Waals surface area contributed by atoms with Gasteiger partial charge in [-0.1, -0.05) is 42.5 Å². The number of fused-ring (bicyclic) bond motifs is 5. The topological polar surface area (TPSA) is 37.4 Å². The maximum absolute atomic E-state index is 12.4. The van der Waals surface area contributed by atoms with E-state index in [0.717, 1.165) is 27.9 Å². The van der Waals surface area contributed by atoms with Crippen LogP contribution in [0.5, 0.6) is 0 Å². The molecular weight excluding hydrogens is 318 g/mol. The summed E-state index contributed by atoms with van der Waals surface area (Å²) >= 11 is 0. The van der Waals surface area contributed by atoms with Crippen molar-refractivity contribution in [2.24, 2.45) is 0 Å². The van der Waals surface area contributed by atoms with E-state index in [1.165, 1.54) is 26.9 Å². The third kappa shape index (κ3) is 2.21. The van der Waals surface area contributed by atoms with Crippen molar-refractivity contribution < 1.29 is 8.42 Å². The first-order valence-corrected chi connectivity index (χ1v) is 9.81. The Kier molecular flexibility index (Phi) is 3.22. The fraction of sp³-hybridized carbons (Fsp3) is 0.200. The van der Waals surface area contributed by atoms with Gasteiger partial charge in [0.1, 0.15) is 0 Å². The van der Waals surface area contributed by atoms with Crippen LogP contribution in [0.15, 0.2) is 48.5 Å². The molecule has 1 aliphatic heterocycles. The zero-order valence-electron chi connectivity index (χ0n) is 14.0. The molecule has 122 valence electrons. The Balaban J connectivity index is 2.16. The number of benzene rings is 3. The number of nitrogens with zero attached hydrogens (tertiary/aromatic N) is 1. The fourth-order valence-electron chi connectivity index (χ4n) is 3.75. The van der Waals surface area contributed by atoms with E-state index in [4.69, 9.17) is 0 Å². The Morgan fingerprint density at radius 2 is 1.71 bits per heavy atom. The number of hydrogen-bond acceptors (Lipinski definition) is 2. The summed E-state index contributed by atoms with van der Waals surface area (Å²) in [6.45, 7) is 4.45. The lowest BCUT2D eigenvalue weighted by atomic mass is 9.86. The van der Waals surface area contributed by atoms with Crippen LogP contribution >= 0.6 is 0 Å². The van der Waals surface area contributed by atoms with Crippen LogP contribution in [-0.4, -0.2) is 14.7 Å². The van der Waals surface area contributed by atoms with Gasteiger partial charge in [-0.2, -0.15) is 0 Å². The molecule has 0 fully saturated rings. The van der Waals surface area contributed by atoms with Crippen LogP contribution in [0.4, 0.5) is 5.69 Å². The Hall–Kier alpha value is -2.33. The highest BCUT2D eigenvalue weighted by Gasteiger charge is 2.30. The summed E-state index contributed by atoms with van der Waals surface area (Å²) in [5, 5.41) is 2.35. The molecule has 0 radical (unpaired) electrons. The van der Waals surface area contributed by atoms with Crippen molar-refractivity contribution in [1.82, 2.24) is 0 Å². The zero-order valence-corrected chi connectivity index (χ0v) is 14.8. The minimum absolute atomic E-state index is 0.384. The van der Waals surface area contributed by atoms with Crippen molar-refractivity contribution in [3.63, 3.8) is 0 Å². The molecule has 1 aliphatic rings. The number of hydrogen-bond donors (Lipinski definition) is 0. The minimum Gasteiger partial charge on any atom is -0.265 e. The summed E-state index contributed by atoms with van der Waals surface area (Å²) in [5.41, 5.74) is 6.22. The molecule has 3 nitrogen and oxygen atoms in total. The monoisotopic (exact) mass is 337 g/mol. The number of aryl methyl sites for hydroxylation is 2. The van der Waals surface area contributed by atoms with E-state index in [-0.39, 0.29) is 0 Å². The molecular formula is C20H19NO2S. The van der Waals surface area contributed by atoms with Crippen LogP contribution < -0.4 is 4.31 Å². The lowest BCUT2D eigenvalue weighted by Crippen LogP contribution is -2.32. The molecule has 0 spiro atoms. The third-order valence-electron chi connectivity index (χ3n) is 4.71. The molecule has 1 heterocycles. The molecule has 0 aliphatic carbocycles. The van der Waals surface area contributed by atoms with Gasteiger partial charge in [-0.15, -0.1) is 0 Å². The number of anilines is 1. The second-order valence-corrected chi connectivity index (χ2v) is 8.47. The molecule has 0 saturated heterocycles. The van der Waals surface area contributed by atoms with Gasteiger partial charge in [0, 0.05) is 5.56 Å². The number of sulfonamides is 1. The molecule has 0 N–H and O–H groups in total. The largest absolute Gasteiger partial charge is 0.265 e. The van der Waals surface area contributed by atoms with Crippen molar-refractivity contribution in [2.75, 3.05) is 10.6 Å². The van der Waals surface area contributed by atoms with E-state index in [1.807, 2.05) is 25.1 Å². The lowest BCUT2D eigenvalue weighted by Gasteiger charge is -2.33. The van der Waals surface area contributed by atoms with Gasteiger partial charge in [-0.05, 0) is 52.9 Å². The predicted molar refractivity (Wildman–Crippen MR) is 99.9 cm³/mol. The molecule has 0 saturated carbocycles. The Morgan fingerprint density at radius 3 is 2.46 bits per heavy atom. The van der Waals surface area contributed by atoms with Gasteiger partial charge in [0.2, 0.25) is 10.0 Å². The van der Waals surface area contributed by atoms with Gasteiger partial charge in [0.15, 0.2) is 0 Å². The Morgan fingerprint density at radius 1 is 0.958 bits per heavy atom. The smallest absolute Gasteiger partial charge is 0.232 e. The average molecular weight is 337 g/mol. The molecule has 0 aromatic heterocycles. The van der Waals surface area contributed by atoms with Crippen LogP contribution in [0.3, 0.4) is 0 Å². The molecule has 0 atom stereocenters. The second-order valence-electron chi connectivity index (χ2n) is 6.57. The van der Waals surface area contributed by atoms with Crippen LogP contribution in [0.25, 0.3) is 21.9 Å². The van der Waals surface area contributed by atoms with Gasteiger partial charge in [-0.25, -0.2) is 8.42 Å². The summed E-state index contributed by atoms with van der Waals surface area (Å²) < 4.78 is 26.3. The normalized spacial score (nSPS) is 13.7. The van der Waals surface area contributed by atoms with Crippen molar-refractivity contribution in [2.45, 2.75) is 20.4 Å². The molecule has 0 unspecified atom stereocenters. The SMILES string of the molecule is Cc1cc(C)c2c(c1)N(S(C)(=O)=O)Cc1ccc3ccccc3c1-2. The maximum atomic E-state index is 12.4. The first-order chi connectivity index (χ1) is 11.4. The maximum Gasteiger partial charge on any atom is 0.232 e. The minimum atomic E-state index is -3.34. The number of rotatable bonds is 1. The highest BCUT2D eigenvalue weighted by Crippen LogP contribution is 2.45. The van der Waals surface area contributed by atoms with Gasteiger partial charge in [0.05, 0.1) is 18.5 Å². The Labute approximate surface area is 142 Å². The highest BCUT2D eigenvalue weighted by atomic mass is 32.2. The van der Waals surface area contributed by atoms with E-state index in [2.05, 4.69) is 37.3 Å². The average Bonchev–Trinajstić information content (AvgIpc) is 2.52. The standard InChI is InChI=1S/C20H19NO2S/c1-13-10-14(2)19-18(11-13)21(24(3,22)23)12-16-9-8-15-6-4-5-7-17(15)20(16)19/h4-11H,12H2,1-3H3. The van der Waals surface area contributed by atoms with Crippen molar-refractivity contribution in [3.8, 4) is 11.1 Å². The lowest BCUT2D eigenvalue weighted by molar-refractivity contribution is 0.596. The molecule has 4 rings (SSSR count). The molecule has 24 heavy (non-hydrogen) atoms. The third-order valence-corrected chi connectivity index (χ3v) is 5.83. The van der Waals surface area contributed by atoms with Crippen LogP contribution in [-0.2, 0) is 16.6 Å². The van der Waals surface area contributed by atoms with Crippen LogP contribution in [0.2, 0.25) is 0 Å².